The van der Waals surface area contributed by atoms with Gasteiger partial charge in [0.15, 0.2) is 0 Å². The molecule has 3 nitrogen and oxygen atoms in total. The van der Waals surface area contributed by atoms with Crippen molar-refractivity contribution in [3.8, 4) is 5.75 Å². The molecule has 5 N–H and O–H groups in total. The quantitative estimate of drug-likeness (QED) is 0.331. The number of phenols is 1. The van der Waals surface area contributed by atoms with E-state index in [0.29, 0.717) is 13.0 Å². The number of nitrogen functional groups attached to an aromatic ring is 2. The summed E-state index contributed by atoms with van der Waals surface area (Å²) < 4.78 is 0. The van der Waals surface area contributed by atoms with Crippen molar-refractivity contribution in [2.45, 2.75) is 0 Å². The van der Waals surface area contributed by atoms with E-state index in [1.54, 1.807) is 18.2 Å². The Hall–Kier alpha value is -1.93. The summed E-state index contributed by atoms with van der Waals surface area (Å²) in [7, 11) is 4.17. The predicted octanol–water partition coefficient (Wildman–Crippen LogP) is 0.939. The number of anilines is 2. The summed E-state index contributed by atoms with van der Waals surface area (Å²) in [5.41, 5.74) is 14.5. The number of phenolic OH excluding ortho intramolecular Hbond substituents is 1. The fourth-order valence-corrected chi connectivity index (χ4v) is 2.08. The molecule has 0 bridgehead atoms. The van der Waals surface area contributed by atoms with Gasteiger partial charge in [-0.05, 0) is 41.4 Å². The van der Waals surface area contributed by atoms with E-state index in [2.05, 4.69) is 8.86 Å². The zero-order valence-corrected chi connectivity index (χ0v) is 10.9. The number of hydrogen-bond donors (Lipinski definition) is 3. The van der Waals surface area contributed by atoms with Crippen molar-refractivity contribution < 1.29 is 5.11 Å². The maximum absolute atomic E-state index is 9.76. The van der Waals surface area contributed by atoms with Crippen LogP contribution in [0.1, 0.15) is 5.56 Å². The van der Waals surface area contributed by atoms with Crippen molar-refractivity contribution in [3.63, 3.8) is 0 Å². The molecule has 2 rings (SSSR count). The minimum absolute atomic E-state index is 0.246. The monoisotopic (exact) mass is 256 g/mol. The highest BCUT2D eigenvalue weighted by Crippen LogP contribution is 2.11. The van der Waals surface area contributed by atoms with Crippen LogP contribution in [0.25, 0.3) is 0 Å². The zero-order valence-electron chi connectivity index (χ0n) is 9.85. The summed E-state index contributed by atoms with van der Waals surface area (Å²) in [5.74, 6) is 0.246. The first kappa shape index (κ1) is 12.5. The third-order valence-corrected chi connectivity index (χ3v) is 3.20. The number of hydrogen-bond acceptors (Lipinski definition) is 3. The van der Waals surface area contributed by atoms with Gasteiger partial charge in [0.1, 0.15) is 5.75 Å². The number of nitrogens with two attached hydrogens (primary N) is 2. The van der Waals surface area contributed by atoms with Gasteiger partial charge in [0.25, 0.3) is 0 Å². The highest BCUT2D eigenvalue weighted by molar-refractivity contribution is 7.33. The highest BCUT2D eigenvalue weighted by Gasteiger charge is 2.08. The molecule has 0 amide bonds. The first-order valence-corrected chi connectivity index (χ1v) is 6.07. The molecule has 0 fully saturated rings. The molecule has 2 aromatic rings. The number of benzene rings is 2. The lowest BCUT2D eigenvalue weighted by Crippen LogP contribution is -2.23. The fourth-order valence-electron chi connectivity index (χ4n) is 1.72. The van der Waals surface area contributed by atoms with E-state index in [0.717, 1.165) is 21.9 Å². The van der Waals surface area contributed by atoms with Crippen LogP contribution in [0.4, 0.5) is 11.4 Å². The van der Waals surface area contributed by atoms with E-state index < -0.39 is 0 Å². The van der Waals surface area contributed by atoms with Gasteiger partial charge in [-0.3, -0.25) is 0 Å². The SMILES string of the molecule is Nc1ccc(C(=P)Bc2cc(N)ccc2O)cc1. The van der Waals surface area contributed by atoms with Crippen LogP contribution in [0.3, 0.4) is 0 Å². The van der Waals surface area contributed by atoms with Crippen LogP contribution in [-0.4, -0.2) is 17.6 Å². The van der Waals surface area contributed by atoms with Gasteiger partial charge in [-0.2, -0.15) is 0 Å². The molecule has 0 unspecified atom stereocenters. The average molecular weight is 256 g/mol. The Kier molecular flexibility index (Phi) is 3.59. The maximum Gasteiger partial charge on any atom is 0.203 e. The molecular weight excluding hydrogens is 242 g/mol. The normalized spacial score (nSPS) is 10.0. The van der Waals surface area contributed by atoms with E-state index in [1.165, 1.54) is 0 Å². The Morgan fingerprint density at radius 1 is 1.00 bits per heavy atom. The standard InChI is InChI=1S/C13H14BN2OP/c15-9-3-1-8(2-4-9)13(18)14-11-7-10(16)5-6-12(11)17/h1-7,14,17-18H,15-16H2. The summed E-state index contributed by atoms with van der Waals surface area (Å²) in [4.78, 5) is 0. The molecule has 18 heavy (non-hydrogen) atoms. The molecule has 0 aliphatic heterocycles. The summed E-state index contributed by atoms with van der Waals surface area (Å²) in [6.45, 7) is 0. The third-order valence-electron chi connectivity index (χ3n) is 2.73. The Balaban J connectivity index is 2.21. The molecule has 2 aromatic carbocycles. The summed E-state index contributed by atoms with van der Waals surface area (Å²) >= 11 is 0. The molecule has 0 atom stereocenters. The van der Waals surface area contributed by atoms with Gasteiger partial charge < -0.3 is 16.6 Å². The lowest BCUT2D eigenvalue weighted by Gasteiger charge is -2.07. The molecule has 0 aliphatic rings. The van der Waals surface area contributed by atoms with Crippen molar-refractivity contribution in [2.75, 3.05) is 11.5 Å². The summed E-state index contributed by atoms with van der Waals surface area (Å²) in [6.07, 6.45) is 0. The van der Waals surface area contributed by atoms with Crippen molar-refractivity contribution >= 4 is 38.2 Å². The van der Waals surface area contributed by atoms with Crippen LogP contribution in [0.5, 0.6) is 5.75 Å². The smallest absolute Gasteiger partial charge is 0.203 e. The van der Waals surface area contributed by atoms with Gasteiger partial charge in [-0.25, -0.2) is 0 Å². The minimum atomic E-state index is 0.246. The van der Waals surface area contributed by atoms with Gasteiger partial charge in [0.05, 0.1) is 0 Å². The lowest BCUT2D eigenvalue weighted by atomic mass is 9.64. The first-order chi connectivity index (χ1) is 8.56. The van der Waals surface area contributed by atoms with Crippen molar-refractivity contribution in [2.24, 2.45) is 0 Å². The molecule has 0 saturated carbocycles. The van der Waals surface area contributed by atoms with Crippen LogP contribution >= 0.6 is 8.86 Å². The second-order valence-electron chi connectivity index (χ2n) is 4.17. The molecule has 0 radical (unpaired) electrons. The van der Waals surface area contributed by atoms with Gasteiger partial charge in [-0.15, -0.1) is 8.86 Å². The zero-order chi connectivity index (χ0) is 13.1. The van der Waals surface area contributed by atoms with Crippen molar-refractivity contribution in [1.29, 1.82) is 0 Å². The van der Waals surface area contributed by atoms with E-state index >= 15 is 0 Å². The second-order valence-corrected chi connectivity index (χ2v) is 4.77. The highest BCUT2D eigenvalue weighted by atomic mass is 31.0. The van der Waals surface area contributed by atoms with Crippen LogP contribution < -0.4 is 16.9 Å². The predicted molar refractivity (Wildman–Crippen MR) is 82.6 cm³/mol. The average Bonchev–Trinajstić information content (AvgIpc) is 2.34. The van der Waals surface area contributed by atoms with Crippen LogP contribution in [-0.2, 0) is 0 Å². The van der Waals surface area contributed by atoms with E-state index in [1.807, 2.05) is 24.3 Å². The Morgan fingerprint density at radius 2 is 1.61 bits per heavy atom. The molecule has 0 aliphatic carbocycles. The Bertz CT molecular complexity index is 584. The topological polar surface area (TPSA) is 72.3 Å². The summed E-state index contributed by atoms with van der Waals surface area (Å²) in [6, 6.07) is 12.6. The van der Waals surface area contributed by atoms with Gasteiger partial charge in [0.2, 0.25) is 7.28 Å². The largest absolute Gasteiger partial charge is 0.509 e. The molecule has 5 heteroatoms. The lowest BCUT2D eigenvalue weighted by molar-refractivity contribution is 0.479. The molecule has 0 heterocycles. The number of aromatic hydroxyl groups is 1. The molecule has 0 aromatic heterocycles. The molecule has 0 saturated heterocycles. The van der Waals surface area contributed by atoms with Gasteiger partial charge in [-0.1, -0.05) is 17.3 Å². The maximum atomic E-state index is 9.76. The number of rotatable bonds is 3. The fraction of sp³-hybridized carbons (Fsp3) is 0. The van der Waals surface area contributed by atoms with E-state index in [9.17, 15) is 5.11 Å². The van der Waals surface area contributed by atoms with Gasteiger partial charge in [0, 0.05) is 11.4 Å². The first-order valence-electron chi connectivity index (χ1n) is 5.57. The molecule has 90 valence electrons. The van der Waals surface area contributed by atoms with Crippen LogP contribution in [0.15, 0.2) is 42.5 Å². The minimum Gasteiger partial charge on any atom is -0.509 e. The third kappa shape index (κ3) is 2.85. The molecular formula is C13H14BN2OP. The van der Waals surface area contributed by atoms with E-state index in [4.69, 9.17) is 11.5 Å². The van der Waals surface area contributed by atoms with Crippen LogP contribution in [0.2, 0.25) is 0 Å². The summed E-state index contributed by atoms with van der Waals surface area (Å²) in [5, 5.41) is 10.7. The molecule has 0 spiro atoms. The van der Waals surface area contributed by atoms with Crippen molar-refractivity contribution in [1.82, 2.24) is 0 Å². The van der Waals surface area contributed by atoms with E-state index in [-0.39, 0.29) is 5.75 Å². The van der Waals surface area contributed by atoms with Crippen molar-refractivity contribution in [3.05, 3.63) is 48.0 Å². The Labute approximate surface area is 109 Å². The van der Waals surface area contributed by atoms with Gasteiger partial charge >= 0.3 is 0 Å². The second kappa shape index (κ2) is 5.15. The Morgan fingerprint density at radius 3 is 2.28 bits per heavy atom. The van der Waals surface area contributed by atoms with Crippen LogP contribution in [0, 0.1) is 0 Å².